The van der Waals surface area contributed by atoms with Crippen molar-refractivity contribution < 1.29 is 19.1 Å². The first-order chi connectivity index (χ1) is 13.2. The molecule has 1 unspecified atom stereocenters. The molecule has 0 spiro atoms. The van der Waals surface area contributed by atoms with Crippen LogP contribution in [0.15, 0.2) is 29.2 Å². The van der Waals surface area contributed by atoms with Crippen LogP contribution in [-0.2, 0) is 14.3 Å². The lowest BCUT2D eigenvalue weighted by Gasteiger charge is -2.33. The van der Waals surface area contributed by atoms with Crippen LogP contribution in [0.1, 0.15) is 57.9 Å². The summed E-state index contributed by atoms with van der Waals surface area (Å²) in [5, 5.41) is 2.19. The summed E-state index contributed by atoms with van der Waals surface area (Å²) >= 11 is 1.51. The van der Waals surface area contributed by atoms with Gasteiger partial charge in [-0.15, -0.1) is 11.8 Å². The number of nitrogens with zero attached hydrogens (tertiary/aromatic N) is 1. The normalized spacial score (nSPS) is 21.4. The zero-order valence-electron chi connectivity index (χ0n) is 16.7. The summed E-state index contributed by atoms with van der Waals surface area (Å²) in [4.78, 5) is 38.2. The fraction of sp³-hybridized carbons (Fsp3) is 0.571. The number of piperidine rings is 2. The molecule has 1 atom stereocenters. The topological polar surface area (TPSA) is 75.7 Å². The van der Waals surface area contributed by atoms with E-state index in [0.29, 0.717) is 31.8 Å². The molecule has 1 N–H and O–H groups in total. The third-order valence-electron chi connectivity index (χ3n) is 4.97. The van der Waals surface area contributed by atoms with Crippen LogP contribution >= 0.6 is 11.8 Å². The molecule has 2 aliphatic rings. The zero-order valence-corrected chi connectivity index (χ0v) is 17.5. The molecule has 6 nitrogen and oxygen atoms in total. The summed E-state index contributed by atoms with van der Waals surface area (Å²) in [6.07, 6.45) is 2.58. The summed E-state index contributed by atoms with van der Waals surface area (Å²) in [5.41, 5.74) is 0.792. The van der Waals surface area contributed by atoms with Crippen molar-refractivity contribution in [2.45, 2.75) is 68.1 Å². The Kier molecular flexibility index (Phi) is 6.33. The molecule has 3 amide bonds. The first-order valence-electron chi connectivity index (χ1n) is 9.79. The third kappa shape index (κ3) is 5.50. The Morgan fingerprint density at radius 3 is 2.32 bits per heavy atom. The Hall–Kier alpha value is -2.02. The van der Waals surface area contributed by atoms with Crippen LogP contribution in [0.4, 0.5) is 4.79 Å². The molecule has 2 saturated heterocycles. The molecule has 7 heteroatoms. The van der Waals surface area contributed by atoms with E-state index in [4.69, 9.17) is 4.74 Å². The van der Waals surface area contributed by atoms with E-state index < -0.39 is 5.60 Å². The first kappa shape index (κ1) is 20.7. The lowest BCUT2D eigenvalue weighted by atomic mass is 9.90. The second-order valence-corrected chi connectivity index (χ2v) is 9.64. The van der Waals surface area contributed by atoms with Crippen molar-refractivity contribution >= 4 is 29.7 Å². The fourth-order valence-electron chi connectivity index (χ4n) is 3.49. The maximum absolute atomic E-state index is 12.2. The minimum Gasteiger partial charge on any atom is -0.444 e. The molecule has 0 aromatic heterocycles. The van der Waals surface area contributed by atoms with Crippen LogP contribution < -0.4 is 5.32 Å². The van der Waals surface area contributed by atoms with Gasteiger partial charge >= 0.3 is 6.09 Å². The van der Waals surface area contributed by atoms with E-state index in [1.165, 1.54) is 17.3 Å². The number of carbonyl (C=O) groups excluding carboxylic acids is 3. The van der Waals surface area contributed by atoms with Crippen molar-refractivity contribution in [3.8, 4) is 0 Å². The van der Waals surface area contributed by atoms with E-state index in [2.05, 4.69) is 17.4 Å². The Morgan fingerprint density at radius 2 is 1.75 bits per heavy atom. The van der Waals surface area contributed by atoms with Gasteiger partial charge in [-0.2, -0.15) is 0 Å². The van der Waals surface area contributed by atoms with Crippen LogP contribution in [-0.4, -0.2) is 46.7 Å². The lowest BCUT2D eigenvalue weighted by molar-refractivity contribution is -0.132. The molecule has 0 aliphatic carbocycles. The Bertz CT molecular complexity index is 734. The molecular weight excluding hydrogens is 376 g/mol. The minimum absolute atomic E-state index is 0.185. The average Bonchev–Trinajstić information content (AvgIpc) is 2.63. The summed E-state index contributed by atoms with van der Waals surface area (Å²) < 4.78 is 5.45. The largest absolute Gasteiger partial charge is 0.444 e. The highest BCUT2D eigenvalue weighted by Crippen LogP contribution is 2.32. The van der Waals surface area contributed by atoms with Gasteiger partial charge in [0, 0.05) is 24.4 Å². The highest BCUT2D eigenvalue weighted by Gasteiger charge is 2.29. The van der Waals surface area contributed by atoms with Crippen LogP contribution in [0.2, 0.25) is 0 Å². The predicted octanol–water partition coefficient (Wildman–Crippen LogP) is 3.70. The van der Waals surface area contributed by atoms with Crippen molar-refractivity contribution in [1.82, 2.24) is 10.2 Å². The molecule has 0 radical (unpaired) electrons. The maximum atomic E-state index is 12.2. The van der Waals surface area contributed by atoms with Gasteiger partial charge in [-0.1, -0.05) is 12.1 Å². The smallest absolute Gasteiger partial charge is 0.410 e. The first-order valence-corrected chi connectivity index (χ1v) is 10.7. The van der Waals surface area contributed by atoms with E-state index in [0.717, 1.165) is 17.7 Å². The van der Waals surface area contributed by atoms with Gasteiger partial charge in [-0.3, -0.25) is 14.9 Å². The zero-order chi connectivity index (χ0) is 20.3. The Labute approximate surface area is 170 Å². The molecular formula is C21H28N2O4S. The Balaban J connectivity index is 1.51. The van der Waals surface area contributed by atoms with Gasteiger partial charge in [-0.25, -0.2) is 4.79 Å². The van der Waals surface area contributed by atoms with Crippen molar-refractivity contribution in [3.05, 3.63) is 29.8 Å². The van der Waals surface area contributed by atoms with Crippen molar-refractivity contribution in [2.24, 2.45) is 0 Å². The van der Waals surface area contributed by atoms with Gasteiger partial charge in [0.2, 0.25) is 11.8 Å². The van der Waals surface area contributed by atoms with Gasteiger partial charge in [0.1, 0.15) is 5.60 Å². The van der Waals surface area contributed by atoms with Crippen molar-refractivity contribution in [3.63, 3.8) is 0 Å². The second kappa shape index (κ2) is 8.55. The molecule has 0 bridgehead atoms. The number of amides is 3. The minimum atomic E-state index is -0.468. The molecule has 0 saturated carbocycles. The summed E-state index contributed by atoms with van der Waals surface area (Å²) in [7, 11) is 0. The number of thioether (sulfide) groups is 1. The van der Waals surface area contributed by atoms with E-state index >= 15 is 0 Å². The number of nitrogens with one attached hydrogen (secondary N) is 1. The Morgan fingerprint density at radius 1 is 1.11 bits per heavy atom. The summed E-state index contributed by atoms with van der Waals surface area (Å²) in [6, 6.07) is 8.32. The predicted molar refractivity (Wildman–Crippen MR) is 108 cm³/mol. The molecule has 28 heavy (non-hydrogen) atoms. The van der Waals surface area contributed by atoms with E-state index in [1.54, 1.807) is 4.90 Å². The highest BCUT2D eigenvalue weighted by molar-refractivity contribution is 8.00. The molecule has 3 rings (SSSR count). The lowest BCUT2D eigenvalue weighted by Crippen LogP contribution is -2.42. The number of ether oxygens (including phenoxy) is 1. The van der Waals surface area contributed by atoms with Crippen LogP contribution in [0.3, 0.4) is 0 Å². The number of carbonyl (C=O) groups is 3. The number of rotatable bonds is 3. The van der Waals surface area contributed by atoms with Crippen LogP contribution in [0, 0.1) is 0 Å². The molecule has 2 heterocycles. The monoisotopic (exact) mass is 404 g/mol. The highest BCUT2D eigenvalue weighted by atomic mass is 32.2. The van der Waals surface area contributed by atoms with Crippen LogP contribution in [0.25, 0.3) is 0 Å². The van der Waals surface area contributed by atoms with Gasteiger partial charge in [0.05, 0.1) is 5.25 Å². The number of benzene rings is 1. The van der Waals surface area contributed by atoms with Gasteiger partial charge in [-0.05, 0) is 63.6 Å². The second-order valence-electron chi connectivity index (χ2n) is 8.37. The quantitative estimate of drug-likeness (QED) is 0.778. The molecule has 1 aromatic carbocycles. The summed E-state index contributed by atoms with van der Waals surface area (Å²) in [6.45, 7) is 7.04. The number of imide groups is 1. The van der Waals surface area contributed by atoms with Gasteiger partial charge < -0.3 is 9.64 Å². The van der Waals surface area contributed by atoms with Crippen molar-refractivity contribution in [2.75, 3.05) is 13.1 Å². The number of hydrogen-bond donors (Lipinski definition) is 1. The van der Waals surface area contributed by atoms with E-state index in [-0.39, 0.29) is 23.2 Å². The molecule has 2 aliphatic heterocycles. The summed E-state index contributed by atoms with van der Waals surface area (Å²) in [5.74, 6) is 0.0445. The number of likely N-dealkylation sites (tertiary alicyclic amines) is 1. The molecule has 152 valence electrons. The maximum Gasteiger partial charge on any atom is 0.410 e. The third-order valence-corrected chi connectivity index (χ3v) is 6.24. The molecule has 2 fully saturated rings. The standard InChI is InChI=1S/C21H28N2O4S/c1-21(2,3)27-20(26)23-12-10-15(11-13-23)14-4-6-16(7-5-14)28-17-8-9-18(24)22-19(17)25/h4-7,15,17H,8-13H2,1-3H3,(H,22,24,25). The molecule has 1 aromatic rings. The van der Waals surface area contributed by atoms with Crippen LogP contribution in [0.5, 0.6) is 0 Å². The fourth-order valence-corrected chi connectivity index (χ4v) is 4.51. The number of hydrogen-bond acceptors (Lipinski definition) is 5. The van der Waals surface area contributed by atoms with Gasteiger partial charge in [0.15, 0.2) is 0 Å². The van der Waals surface area contributed by atoms with Gasteiger partial charge in [0.25, 0.3) is 0 Å². The SMILES string of the molecule is CC(C)(C)OC(=O)N1CCC(c2ccc(SC3CCC(=O)NC3=O)cc2)CC1. The van der Waals surface area contributed by atoms with E-state index in [1.807, 2.05) is 32.9 Å². The average molecular weight is 405 g/mol. The van der Waals surface area contributed by atoms with E-state index in [9.17, 15) is 14.4 Å². The van der Waals surface area contributed by atoms with Crippen molar-refractivity contribution in [1.29, 1.82) is 0 Å².